The first-order valence-corrected chi connectivity index (χ1v) is 27.6. The van der Waals surface area contributed by atoms with Gasteiger partial charge in [-0.2, -0.15) is 0 Å². The van der Waals surface area contributed by atoms with Crippen molar-refractivity contribution in [3.63, 3.8) is 0 Å². The van der Waals surface area contributed by atoms with Gasteiger partial charge >= 0.3 is 0 Å². The summed E-state index contributed by atoms with van der Waals surface area (Å²) in [4.78, 5) is 2.50. The number of para-hydroxylation sites is 2. The van der Waals surface area contributed by atoms with Crippen LogP contribution in [-0.2, 0) is 21.7 Å². The summed E-state index contributed by atoms with van der Waals surface area (Å²) in [6.45, 7) is 18.8. The zero-order valence-corrected chi connectivity index (χ0v) is 45.5. The third-order valence-corrected chi connectivity index (χ3v) is 17.6. The molecule has 0 saturated carbocycles. The van der Waals surface area contributed by atoms with E-state index in [0.29, 0.717) is 0 Å². The van der Waals surface area contributed by atoms with Gasteiger partial charge in [0, 0.05) is 22.2 Å². The molecule has 11 aromatic carbocycles. The van der Waals surface area contributed by atoms with E-state index in [1.807, 2.05) is 0 Å². The van der Waals surface area contributed by atoms with Crippen LogP contribution in [0.2, 0.25) is 0 Å². The molecule has 11 aromatic rings. The van der Waals surface area contributed by atoms with Crippen molar-refractivity contribution in [3.8, 4) is 66.8 Å². The summed E-state index contributed by atoms with van der Waals surface area (Å²) in [6, 6.07) is 90.0. The zero-order chi connectivity index (χ0) is 52.6. The molecule has 14 rings (SSSR count). The Hall–Kier alpha value is -8.52. The predicted molar refractivity (Wildman–Crippen MR) is 326 cm³/mol. The van der Waals surface area contributed by atoms with E-state index < -0.39 is 5.41 Å². The van der Waals surface area contributed by atoms with Crippen molar-refractivity contribution in [2.75, 3.05) is 4.90 Å². The lowest BCUT2D eigenvalue weighted by molar-refractivity contribution is 0.586. The first-order valence-electron chi connectivity index (χ1n) is 27.6. The molecule has 0 saturated heterocycles. The molecule has 1 spiro atoms. The molecule has 1 heteroatoms. The third-order valence-electron chi connectivity index (χ3n) is 17.6. The summed E-state index contributed by atoms with van der Waals surface area (Å²) in [7, 11) is 0. The van der Waals surface area contributed by atoms with Crippen LogP contribution in [0.1, 0.15) is 99.9 Å². The fourth-order valence-electron chi connectivity index (χ4n) is 13.7. The topological polar surface area (TPSA) is 3.24 Å². The minimum atomic E-state index is -0.440. The molecule has 0 unspecified atom stereocenters. The normalized spacial score (nSPS) is 14.2. The second-order valence-corrected chi connectivity index (χ2v) is 24.5. The predicted octanol–water partition coefficient (Wildman–Crippen LogP) is 20.6. The highest BCUT2D eigenvalue weighted by Crippen LogP contribution is 2.64. The standard InChI is InChI=1S/C76H63N/c1-73(2,3)53-37-41-58-59-42-38-54(74(4,5)6)47-69(59)76(68(58)46-53)65-28-16-11-23-57(65)63-45-51(36-43-66(63)76)49-34-39-55(40-35-49)77(70-30-17-13-22-56(70)52-33-32-48-20-9-10-21-50(48)44-52)71-31-18-14-24-60(71)61-26-19-29-67-72(61)62-25-12-15-27-64(62)75(67,7)8/h9-47H,1-8H3. The van der Waals surface area contributed by atoms with Crippen molar-refractivity contribution in [1.82, 2.24) is 0 Å². The smallest absolute Gasteiger partial charge is 0.0725 e. The average Bonchev–Trinajstić information content (AvgIpc) is 3.84. The maximum atomic E-state index is 2.54. The van der Waals surface area contributed by atoms with Crippen molar-refractivity contribution < 1.29 is 0 Å². The summed E-state index contributed by atoms with van der Waals surface area (Å²) in [6.07, 6.45) is 0. The van der Waals surface area contributed by atoms with E-state index in [1.54, 1.807) is 0 Å². The van der Waals surface area contributed by atoms with E-state index in [4.69, 9.17) is 0 Å². The molecule has 3 aliphatic carbocycles. The van der Waals surface area contributed by atoms with Gasteiger partial charge in [0.25, 0.3) is 0 Å². The lowest BCUT2D eigenvalue weighted by Crippen LogP contribution is -2.27. The second kappa shape index (κ2) is 17.0. The minimum Gasteiger partial charge on any atom is -0.309 e. The van der Waals surface area contributed by atoms with E-state index in [-0.39, 0.29) is 16.2 Å². The Morgan fingerprint density at radius 2 is 0.792 bits per heavy atom. The molecule has 1 nitrogen and oxygen atoms in total. The number of nitrogens with zero attached hydrogens (tertiary/aromatic N) is 1. The Balaban J connectivity index is 0.940. The van der Waals surface area contributed by atoms with Crippen molar-refractivity contribution >= 4 is 27.8 Å². The first kappa shape index (κ1) is 47.0. The maximum Gasteiger partial charge on any atom is 0.0725 e. The van der Waals surface area contributed by atoms with E-state index in [0.717, 1.165) is 17.1 Å². The van der Waals surface area contributed by atoms with Gasteiger partial charge < -0.3 is 4.90 Å². The number of anilines is 3. The maximum absolute atomic E-state index is 2.54. The fraction of sp³-hybridized carbons (Fsp3) is 0.158. The van der Waals surface area contributed by atoms with Gasteiger partial charge in [-0.1, -0.05) is 256 Å². The van der Waals surface area contributed by atoms with E-state index in [9.17, 15) is 0 Å². The van der Waals surface area contributed by atoms with Crippen LogP contribution in [0.3, 0.4) is 0 Å². The Labute approximate surface area is 455 Å². The van der Waals surface area contributed by atoms with Gasteiger partial charge in [-0.15, -0.1) is 0 Å². The monoisotopic (exact) mass is 989 g/mol. The molecule has 0 fully saturated rings. The lowest BCUT2D eigenvalue weighted by Gasteiger charge is -2.33. The molecule has 0 N–H and O–H groups in total. The molecule has 0 atom stereocenters. The molecule has 0 heterocycles. The van der Waals surface area contributed by atoms with Gasteiger partial charge in [-0.05, 0) is 158 Å². The molecule has 0 amide bonds. The van der Waals surface area contributed by atoms with Gasteiger partial charge in [0.15, 0.2) is 0 Å². The van der Waals surface area contributed by atoms with Crippen LogP contribution in [0.15, 0.2) is 237 Å². The Morgan fingerprint density at radius 1 is 0.299 bits per heavy atom. The van der Waals surface area contributed by atoms with Crippen LogP contribution in [0.25, 0.3) is 77.5 Å². The molecular formula is C76H63N. The summed E-state index contributed by atoms with van der Waals surface area (Å²) in [5.41, 5.74) is 28.9. The van der Waals surface area contributed by atoms with Gasteiger partial charge in [0.2, 0.25) is 0 Å². The largest absolute Gasteiger partial charge is 0.309 e. The van der Waals surface area contributed by atoms with Crippen molar-refractivity contribution in [3.05, 3.63) is 281 Å². The van der Waals surface area contributed by atoms with Crippen LogP contribution in [0.4, 0.5) is 17.1 Å². The number of hydrogen-bond donors (Lipinski definition) is 0. The summed E-state index contributed by atoms with van der Waals surface area (Å²) in [5.74, 6) is 0. The SMILES string of the molecule is CC(C)(C)c1ccc2c(c1)C1(c3ccccc3-c3cc(-c4ccc(N(c5ccccc5-c5ccc6ccccc6c5)c5ccccc5-c5cccc6c5-c5ccccc5C6(C)C)cc4)ccc31)c1cc(C(C)(C)C)ccc1-2. The van der Waals surface area contributed by atoms with Crippen LogP contribution in [0.5, 0.6) is 0 Å². The van der Waals surface area contributed by atoms with Crippen molar-refractivity contribution in [2.45, 2.75) is 77.0 Å². The highest BCUT2D eigenvalue weighted by molar-refractivity contribution is 6.01. The first-order chi connectivity index (χ1) is 37.2. The Morgan fingerprint density at radius 3 is 1.47 bits per heavy atom. The van der Waals surface area contributed by atoms with Crippen LogP contribution >= 0.6 is 0 Å². The van der Waals surface area contributed by atoms with Crippen LogP contribution in [0, 0.1) is 0 Å². The lowest BCUT2D eigenvalue weighted by atomic mass is 9.68. The number of benzene rings is 11. The molecule has 0 radical (unpaired) electrons. The molecule has 0 bridgehead atoms. The summed E-state index contributed by atoms with van der Waals surface area (Å²) in [5, 5.41) is 2.46. The minimum absolute atomic E-state index is 0.000296. The van der Waals surface area contributed by atoms with E-state index >= 15 is 0 Å². The molecule has 77 heavy (non-hydrogen) atoms. The van der Waals surface area contributed by atoms with Gasteiger partial charge in [0.05, 0.1) is 16.8 Å². The third kappa shape index (κ3) is 7.06. The average molecular weight is 990 g/mol. The van der Waals surface area contributed by atoms with Crippen molar-refractivity contribution in [2.24, 2.45) is 0 Å². The van der Waals surface area contributed by atoms with Crippen LogP contribution in [-0.4, -0.2) is 0 Å². The van der Waals surface area contributed by atoms with Crippen LogP contribution < -0.4 is 4.90 Å². The van der Waals surface area contributed by atoms with Gasteiger partial charge in [-0.3, -0.25) is 0 Å². The van der Waals surface area contributed by atoms with E-state index in [1.165, 1.54) is 122 Å². The van der Waals surface area contributed by atoms with E-state index in [2.05, 4.69) is 297 Å². The Kier molecular flexibility index (Phi) is 10.4. The fourth-order valence-corrected chi connectivity index (χ4v) is 13.7. The number of fused-ring (bicyclic) bond motifs is 14. The molecule has 0 aromatic heterocycles. The molecule has 3 aliphatic rings. The number of rotatable bonds is 6. The van der Waals surface area contributed by atoms with Gasteiger partial charge in [-0.25, -0.2) is 0 Å². The summed E-state index contributed by atoms with van der Waals surface area (Å²) >= 11 is 0. The second-order valence-electron chi connectivity index (χ2n) is 24.5. The summed E-state index contributed by atoms with van der Waals surface area (Å²) < 4.78 is 0. The highest BCUT2D eigenvalue weighted by atomic mass is 15.1. The zero-order valence-electron chi connectivity index (χ0n) is 45.5. The molecule has 372 valence electrons. The quantitative estimate of drug-likeness (QED) is 0.160. The molecule has 0 aliphatic heterocycles. The highest BCUT2D eigenvalue weighted by Gasteiger charge is 2.52. The van der Waals surface area contributed by atoms with Gasteiger partial charge in [0.1, 0.15) is 0 Å². The molecular weight excluding hydrogens is 927 g/mol. The number of hydrogen-bond acceptors (Lipinski definition) is 1. The Bertz CT molecular complexity index is 4140. The van der Waals surface area contributed by atoms with Crippen molar-refractivity contribution in [1.29, 1.82) is 0 Å².